The molecule has 3 fully saturated rings. The molecule has 0 aromatic heterocycles. The van der Waals surface area contributed by atoms with Gasteiger partial charge in [-0.3, -0.25) is 14.5 Å². The number of carbonyl (C=O) groups excluding carboxylic acids is 2. The maximum absolute atomic E-state index is 12.9. The van der Waals surface area contributed by atoms with Gasteiger partial charge in [0.2, 0.25) is 11.8 Å². The van der Waals surface area contributed by atoms with Crippen LogP contribution in [0, 0.1) is 11.8 Å². The summed E-state index contributed by atoms with van der Waals surface area (Å²) in [5.74, 6) is 1.35. The van der Waals surface area contributed by atoms with Crippen molar-refractivity contribution >= 4 is 17.9 Å². The first kappa shape index (κ1) is 19.2. The molecule has 0 atom stereocenters. The molecule has 0 unspecified atom stereocenters. The lowest BCUT2D eigenvalue weighted by Gasteiger charge is -2.38. The number of amides is 2. The summed E-state index contributed by atoms with van der Waals surface area (Å²) in [7, 11) is 0. The first-order valence-electron chi connectivity index (χ1n) is 10.7. The molecule has 4 rings (SSSR count). The van der Waals surface area contributed by atoms with Gasteiger partial charge in [-0.05, 0) is 43.2 Å². The summed E-state index contributed by atoms with van der Waals surface area (Å²) in [6.07, 6.45) is 7.85. The van der Waals surface area contributed by atoms with Gasteiger partial charge in [-0.2, -0.15) is 0 Å². The number of piperidine rings is 1. The maximum atomic E-state index is 12.9. The molecule has 0 N–H and O–H groups in total. The third kappa shape index (κ3) is 5.02. The van der Waals surface area contributed by atoms with Crippen molar-refractivity contribution in [3.63, 3.8) is 0 Å². The molecule has 28 heavy (non-hydrogen) atoms. The third-order valence-corrected chi connectivity index (χ3v) is 6.27. The van der Waals surface area contributed by atoms with Crippen molar-refractivity contribution < 1.29 is 9.59 Å². The van der Waals surface area contributed by atoms with E-state index in [1.807, 2.05) is 41.3 Å². The average Bonchev–Trinajstić information content (AvgIpc) is 3.57. The molecule has 2 heterocycles. The van der Waals surface area contributed by atoms with Crippen molar-refractivity contribution in [3.05, 3.63) is 42.0 Å². The molecule has 5 heteroatoms. The van der Waals surface area contributed by atoms with Crippen molar-refractivity contribution in [3.8, 4) is 0 Å². The monoisotopic (exact) mass is 381 g/mol. The predicted octanol–water partition coefficient (Wildman–Crippen LogP) is 2.49. The zero-order valence-corrected chi connectivity index (χ0v) is 16.6. The minimum Gasteiger partial charge on any atom is -0.340 e. The molecule has 5 nitrogen and oxygen atoms in total. The van der Waals surface area contributed by atoms with Gasteiger partial charge in [0.25, 0.3) is 0 Å². The van der Waals surface area contributed by atoms with Crippen LogP contribution in [0.25, 0.3) is 6.08 Å². The smallest absolute Gasteiger partial charge is 0.246 e. The highest BCUT2D eigenvalue weighted by atomic mass is 16.2. The van der Waals surface area contributed by atoms with E-state index in [0.717, 1.165) is 50.5 Å². The minimum absolute atomic E-state index is 0.0449. The third-order valence-electron chi connectivity index (χ3n) is 6.27. The van der Waals surface area contributed by atoms with Gasteiger partial charge in [0.15, 0.2) is 0 Å². The Labute approximate surface area is 168 Å². The van der Waals surface area contributed by atoms with Gasteiger partial charge in [0.1, 0.15) is 0 Å². The van der Waals surface area contributed by atoms with Gasteiger partial charge in [-0.15, -0.1) is 0 Å². The number of rotatable bonds is 5. The van der Waals surface area contributed by atoms with Crippen LogP contribution in [0.4, 0.5) is 0 Å². The Kier molecular flexibility index (Phi) is 6.10. The molecule has 2 amide bonds. The molecule has 0 spiro atoms. The SMILES string of the molecule is O=C(/C=C/c1ccccc1)N1CCC(C(=O)N2CCN(CC3CC3)CC2)CC1. The van der Waals surface area contributed by atoms with Gasteiger partial charge in [0.05, 0.1) is 0 Å². The highest BCUT2D eigenvalue weighted by molar-refractivity contribution is 5.92. The van der Waals surface area contributed by atoms with Crippen LogP contribution in [-0.4, -0.2) is 72.3 Å². The molecular weight excluding hydrogens is 350 g/mol. The van der Waals surface area contributed by atoms with E-state index in [9.17, 15) is 9.59 Å². The second kappa shape index (κ2) is 8.91. The summed E-state index contributed by atoms with van der Waals surface area (Å²) in [5, 5.41) is 0. The molecule has 1 aliphatic carbocycles. The Bertz CT molecular complexity index is 698. The molecule has 0 bridgehead atoms. The van der Waals surface area contributed by atoms with Crippen molar-refractivity contribution in [1.29, 1.82) is 0 Å². The first-order valence-corrected chi connectivity index (χ1v) is 10.7. The molecule has 3 aliphatic rings. The fraction of sp³-hybridized carbons (Fsp3) is 0.565. The highest BCUT2D eigenvalue weighted by Gasteiger charge is 2.32. The van der Waals surface area contributed by atoms with Gasteiger partial charge >= 0.3 is 0 Å². The quantitative estimate of drug-likeness (QED) is 0.736. The Morgan fingerprint density at radius 3 is 2.18 bits per heavy atom. The normalized spacial score (nSPS) is 22.0. The van der Waals surface area contributed by atoms with E-state index in [1.54, 1.807) is 6.08 Å². The average molecular weight is 382 g/mol. The topological polar surface area (TPSA) is 43.9 Å². The minimum atomic E-state index is 0.0449. The van der Waals surface area contributed by atoms with E-state index in [4.69, 9.17) is 0 Å². The highest BCUT2D eigenvalue weighted by Crippen LogP contribution is 2.30. The largest absolute Gasteiger partial charge is 0.340 e. The second-order valence-corrected chi connectivity index (χ2v) is 8.41. The van der Waals surface area contributed by atoms with Crippen LogP contribution in [-0.2, 0) is 9.59 Å². The van der Waals surface area contributed by atoms with E-state index in [0.29, 0.717) is 19.0 Å². The summed E-state index contributed by atoms with van der Waals surface area (Å²) in [6, 6.07) is 9.87. The number of benzene rings is 1. The number of hydrogen-bond donors (Lipinski definition) is 0. The number of carbonyl (C=O) groups is 2. The molecule has 0 radical (unpaired) electrons. The first-order chi connectivity index (χ1) is 13.7. The zero-order chi connectivity index (χ0) is 19.3. The lowest BCUT2D eigenvalue weighted by atomic mass is 9.95. The number of nitrogens with zero attached hydrogens (tertiary/aromatic N) is 3. The molecule has 1 saturated carbocycles. The maximum Gasteiger partial charge on any atom is 0.246 e. The van der Waals surface area contributed by atoms with Gasteiger partial charge in [-0.25, -0.2) is 0 Å². The van der Waals surface area contributed by atoms with E-state index in [-0.39, 0.29) is 11.8 Å². The van der Waals surface area contributed by atoms with Crippen LogP contribution in [0.1, 0.15) is 31.2 Å². The number of hydrogen-bond acceptors (Lipinski definition) is 3. The van der Waals surface area contributed by atoms with Crippen LogP contribution in [0.5, 0.6) is 0 Å². The van der Waals surface area contributed by atoms with Gasteiger partial charge < -0.3 is 9.80 Å². The summed E-state index contributed by atoms with van der Waals surface area (Å²) < 4.78 is 0. The standard InChI is InChI=1S/C23H31N3O2/c27-22(9-8-19-4-2-1-3-5-19)25-12-10-21(11-13-25)23(28)26-16-14-24(15-17-26)18-20-6-7-20/h1-5,8-9,20-21H,6-7,10-18H2/b9-8+. The van der Waals surface area contributed by atoms with Gasteiger partial charge in [-0.1, -0.05) is 30.3 Å². The Hall–Kier alpha value is -2.14. The number of likely N-dealkylation sites (tertiary alicyclic amines) is 1. The summed E-state index contributed by atoms with van der Waals surface area (Å²) in [5.41, 5.74) is 1.03. The summed E-state index contributed by atoms with van der Waals surface area (Å²) in [6.45, 7) is 6.34. The number of piperazine rings is 1. The van der Waals surface area contributed by atoms with E-state index < -0.39 is 0 Å². The van der Waals surface area contributed by atoms with Crippen LogP contribution in [0.3, 0.4) is 0 Å². The van der Waals surface area contributed by atoms with E-state index >= 15 is 0 Å². The lowest BCUT2D eigenvalue weighted by molar-refractivity contribution is -0.140. The second-order valence-electron chi connectivity index (χ2n) is 8.41. The fourth-order valence-corrected chi connectivity index (χ4v) is 4.26. The Morgan fingerprint density at radius 2 is 1.54 bits per heavy atom. The fourth-order valence-electron chi connectivity index (χ4n) is 4.26. The molecule has 1 aromatic rings. The molecule has 2 saturated heterocycles. The van der Waals surface area contributed by atoms with E-state index in [1.165, 1.54) is 19.4 Å². The molecule has 2 aliphatic heterocycles. The van der Waals surface area contributed by atoms with Crippen molar-refractivity contribution in [1.82, 2.24) is 14.7 Å². The molecule has 150 valence electrons. The summed E-state index contributed by atoms with van der Waals surface area (Å²) in [4.78, 5) is 31.7. The molecule has 1 aromatic carbocycles. The Morgan fingerprint density at radius 1 is 0.857 bits per heavy atom. The lowest BCUT2D eigenvalue weighted by Crippen LogP contribution is -2.52. The van der Waals surface area contributed by atoms with Crippen LogP contribution in [0.2, 0.25) is 0 Å². The van der Waals surface area contributed by atoms with Crippen LogP contribution in [0.15, 0.2) is 36.4 Å². The van der Waals surface area contributed by atoms with E-state index in [2.05, 4.69) is 9.80 Å². The van der Waals surface area contributed by atoms with Crippen molar-refractivity contribution in [2.75, 3.05) is 45.8 Å². The Balaban J connectivity index is 1.21. The van der Waals surface area contributed by atoms with Gasteiger partial charge in [0, 0.05) is 57.8 Å². The summed E-state index contributed by atoms with van der Waals surface area (Å²) >= 11 is 0. The predicted molar refractivity (Wildman–Crippen MR) is 111 cm³/mol. The molecular formula is C23H31N3O2. The van der Waals surface area contributed by atoms with Crippen LogP contribution < -0.4 is 0 Å². The van der Waals surface area contributed by atoms with Crippen LogP contribution >= 0.6 is 0 Å². The van der Waals surface area contributed by atoms with Crippen molar-refractivity contribution in [2.24, 2.45) is 11.8 Å². The van der Waals surface area contributed by atoms with Crippen molar-refractivity contribution in [2.45, 2.75) is 25.7 Å². The zero-order valence-electron chi connectivity index (χ0n) is 16.6.